The molecule has 2 fully saturated rings. The maximum atomic E-state index is 12.5. The third-order valence-electron chi connectivity index (χ3n) is 15.9. The maximum absolute atomic E-state index is 12.5. The van der Waals surface area contributed by atoms with Gasteiger partial charge in [0.2, 0.25) is 11.9 Å². The third-order valence-corrected chi connectivity index (χ3v) is 16.8. The number of H-pyrrole nitrogens is 1. The quantitative estimate of drug-likeness (QED) is 0.0698. The van der Waals surface area contributed by atoms with Gasteiger partial charge in [-0.1, -0.05) is 402 Å². The molecule has 0 bridgehead atoms. The number of aromatic nitrogens is 11. The van der Waals surface area contributed by atoms with E-state index >= 15 is 0 Å². The zero-order chi connectivity index (χ0) is 109. The molecule has 0 radical (unpaired) electrons. The number of hydrogen-bond acceptors (Lipinski definition) is 13. The summed E-state index contributed by atoms with van der Waals surface area (Å²) in [4.78, 5) is 41.0. The molecule has 1 saturated carbocycles. The number of likely N-dealkylation sites (tertiary alicyclic amines) is 1. The molecule has 0 atom stereocenters. The fourth-order valence-corrected chi connectivity index (χ4v) is 11.4. The van der Waals surface area contributed by atoms with Gasteiger partial charge >= 0.3 is 0 Å². The molecule has 3 aliphatic rings. The number of unbranched alkanes of at least 4 members (excludes halogenated alkanes) is 3. The van der Waals surface area contributed by atoms with Crippen LogP contribution in [0.4, 0.5) is 16.3 Å². The first-order chi connectivity index (χ1) is 65.7. The number of allylic oxidation sites excluding steroid dienone is 1. The van der Waals surface area contributed by atoms with Crippen molar-refractivity contribution < 1.29 is 4.39 Å². The molecule has 2 N–H and O–H groups in total. The summed E-state index contributed by atoms with van der Waals surface area (Å²) in [6.45, 7) is 99.6. The number of aromatic amines is 1. The molecule has 0 amide bonds. The molecule has 9 aromatic heterocycles. The summed E-state index contributed by atoms with van der Waals surface area (Å²) in [5.41, 5.74) is 11.4. The highest BCUT2D eigenvalue weighted by Crippen LogP contribution is 2.28. The number of thiophene rings is 1. The predicted octanol–water partition coefficient (Wildman–Crippen LogP) is 38.4. The highest BCUT2D eigenvalue weighted by Gasteiger charge is 2.16. The normalized spacial score (nSPS) is 12.3. The Bertz CT molecular complexity index is 4200. The fraction of sp³-hybridized carbons (Fsp3) is 0.611. The molecule has 0 unspecified atom stereocenters. The minimum Gasteiger partial charge on any atom is -0.361 e. The molecular weight excluding hydrogens is 1760 g/mol. The van der Waals surface area contributed by atoms with Crippen LogP contribution in [-0.4, -0.2) is 92.3 Å². The molecule has 0 spiro atoms. The van der Waals surface area contributed by atoms with Crippen molar-refractivity contribution in [2.75, 3.05) is 42.9 Å². The first kappa shape index (κ1) is 139. The molecule has 16 heteroatoms. The van der Waals surface area contributed by atoms with Crippen LogP contribution in [0.1, 0.15) is 409 Å². The zero-order valence-electron chi connectivity index (χ0n) is 99.1. The minimum absolute atomic E-state index is 0.259. The number of benzene rings is 2. The highest BCUT2D eigenvalue weighted by atomic mass is 32.1. The average Bonchev–Trinajstić information content (AvgIpc) is 1.72. The lowest BCUT2D eigenvalue weighted by Gasteiger charge is -2.21. The van der Waals surface area contributed by atoms with Crippen molar-refractivity contribution in [3.63, 3.8) is 0 Å². The zero-order valence-corrected chi connectivity index (χ0v) is 100.0. The van der Waals surface area contributed by atoms with Crippen LogP contribution in [0.5, 0.6) is 0 Å². The molecule has 142 heavy (non-hydrogen) atoms. The summed E-state index contributed by atoms with van der Waals surface area (Å²) in [6.07, 6.45) is 46.8. The van der Waals surface area contributed by atoms with E-state index < -0.39 is 0 Å². The molecule has 1 saturated heterocycles. The van der Waals surface area contributed by atoms with Gasteiger partial charge in [0.1, 0.15) is 5.82 Å². The van der Waals surface area contributed by atoms with E-state index in [1.807, 2.05) is 109 Å². The van der Waals surface area contributed by atoms with Gasteiger partial charge in [-0.05, 0) is 238 Å². The summed E-state index contributed by atoms with van der Waals surface area (Å²) >= 11 is 1.79. The van der Waals surface area contributed by atoms with Crippen molar-refractivity contribution in [1.82, 2.24) is 59.5 Å². The van der Waals surface area contributed by atoms with Gasteiger partial charge < -0.3 is 15.2 Å². The fourth-order valence-electron chi connectivity index (χ4n) is 10.7. The molecule has 14 nitrogen and oxygen atoms in total. The first-order valence-electron chi connectivity index (χ1n) is 53.4. The van der Waals surface area contributed by atoms with E-state index in [2.05, 4.69) is 434 Å². The number of halogens is 1. The predicted molar refractivity (Wildman–Crippen MR) is 631 cm³/mol. The summed E-state index contributed by atoms with van der Waals surface area (Å²) in [6, 6.07) is 44.4. The van der Waals surface area contributed by atoms with Crippen LogP contribution < -0.4 is 10.2 Å². The largest absolute Gasteiger partial charge is 0.361 e. The highest BCUT2D eigenvalue weighted by molar-refractivity contribution is 7.17. The Morgan fingerprint density at radius 3 is 1.37 bits per heavy atom. The van der Waals surface area contributed by atoms with Gasteiger partial charge in [0.05, 0.1) is 11.9 Å². The van der Waals surface area contributed by atoms with E-state index in [1.54, 1.807) is 42.2 Å². The van der Waals surface area contributed by atoms with Crippen LogP contribution in [0.25, 0.3) is 27.1 Å². The van der Waals surface area contributed by atoms with Crippen molar-refractivity contribution in [1.29, 1.82) is 0 Å². The Morgan fingerprint density at radius 2 is 0.930 bits per heavy atom. The Balaban J connectivity index is -0.000000719. The molecule has 11 aromatic rings. The number of fused-ring (bicyclic) bond motifs is 3. The van der Waals surface area contributed by atoms with E-state index in [4.69, 9.17) is 0 Å². The monoisotopic (exact) mass is 1980 g/mol. The lowest BCUT2D eigenvalue weighted by molar-refractivity contribution is 0.331. The van der Waals surface area contributed by atoms with Gasteiger partial charge in [0.25, 0.3) is 0 Å². The Labute approximate surface area is 878 Å². The van der Waals surface area contributed by atoms with Crippen LogP contribution in [0, 0.1) is 66.4 Å². The smallest absolute Gasteiger partial charge is 0.225 e. The maximum Gasteiger partial charge on any atom is 0.225 e. The van der Waals surface area contributed by atoms with Gasteiger partial charge in [0.15, 0.2) is 0 Å². The number of aryl methyl sites for hydroxylation is 2. The van der Waals surface area contributed by atoms with Gasteiger partial charge in [-0.15, -0.1) is 11.3 Å². The standard InChI is InChI=1S/C11H19N3.C11H15N.C10H14N2.C10H15N.C8H6FN.C8H14N2.C8H7N.C8H6S.C7H11N3.9C5H12/c1-3-5-10-14(9-4-2)11-12-7-6-8-13-11;1-2-6-10(5-1)9-11-7-3-4-8-12-11;1-2-7-12(6-1)9-10-4-3-5-11-8-10;1-2-3-4-7-10-8-5-6-9-11-10;9-7-4-6-2-1-3-8(6)10-5-7;1-8(2)4-7-10-6-3-5-9-10;2*1-2-4-8-7(3-1)5-6-9-8;1-2-4-8-7-9-5-3-6-10-7;9*1-5(2,3)4/h6-8H,3-5,9-10H2,1-2H3;3-4,7-8,10H,1-2,5-6,9H2;3-5,8H,1-2,6-7,9H2;5-6,8-9H,2-4,7H2,1H3;1-2,4-5H,3H2;3,5-6,8H,4,7H2,1-2H3;1-6,9H;1-6H;3,5-6H,2,4H2,1H3,(H,8,9,10);9*1-4H3. The molecular formula is C126H215FN14S. The van der Waals surface area contributed by atoms with E-state index in [9.17, 15) is 4.39 Å². The van der Waals surface area contributed by atoms with Gasteiger partial charge in [-0.2, -0.15) is 5.10 Å². The summed E-state index contributed by atoms with van der Waals surface area (Å²) in [5.74, 6) is 3.00. The third kappa shape index (κ3) is 116. The summed E-state index contributed by atoms with van der Waals surface area (Å²) in [5, 5.41) is 11.9. The van der Waals surface area contributed by atoms with Crippen LogP contribution in [-0.2, 0) is 32.4 Å². The first-order valence-corrected chi connectivity index (χ1v) is 54.3. The molecule has 2 aromatic carbocycles. The second-order valence-electron chi connectivity index (χ2n) is 51.5. The Kier molecular flexibility index (Phi) is 78.0. The molecule has 14 rings (SSSR count). The second kappa shape index (κ2) is 79.4. The van der Waals surface area contributed by atoms with Gasteiger partial charge in [0, 0.05) is 129 Å². The van der Waals surface area contributed by atoms with Crippen molar-refractivity contribution in [2.24, 2.45) is 60.6 Å². The molecule has 10 heterocycles. The van der Waals surface area contributed by atoms with E-state index in [0.29, 0.717) is 54.7 Å². The number of para-hydroxylation sites is 1. The van der Waals surface area contributed by atoms with Crippen molar-refractivity contribution in [3.8, 4) is 0 Å². The number of nitrogens with one attached hydrogen (secondary N) is 2. The Hall–Kier alpha value is -8.86. The topological polar surface area (TPSA) is 155 Å². The van der Waals surface area contributed by atoms with Crippen LogP contribution in [0.15, 0.2) is 219 Å². The van der Waals surface area contributed by atoms with Gasteiger partial charge in [-0.25, -0.2) is 24.3 Å². The molecule has 802 valence electrons. The van der Waals surface area contributed by atoms with Crippen molar-refractivity contribution >= 4 is 50.3 Å². The molecule has 1 aliphatic heterocycles. The summed E-state index contributed by atoms with van der Waals surface area (Å²) < 4.78 is 15.8. The second-order valence-corrected chi connectivity index (χ2v) is 52.4. The SMILES string of the molecule is CC(C)(C)C.CC(C)(C)C.CC(C)(C)C.CC(C)(C)C.CC(C)(C)C.CC(C)(C)C.CC(C)(C)C.CC(C)(C)C.CC(C)(C)C.CC(C)CCn1cccn1.CCCCCc1ccccn1.CCCCN(CCC)c1ncccn1.CCCNc1ncccn1.Fc1cnc2c(c1)C=CC2.c1ccc(CC2CCCC2)nc1.c1ccc2[nH]ccc2c1.c1ccc2sccc2c1.c1cncc(CN2CCCC2)c1. The number of rotatable bonds is 20. The van der Waals surface area contributed by atoms with Crippen molar-refractivity contribution in [2.45, 2.75) is 413 Å². The lowest BCUT2D eigenvalue weighted by atomic mass is 10.0. The van der Waals surface area contributed by atoms with Gasteiger partial charge in [-0.3, -0.25) is 29.5 Å². The lowest BCUT2D eigenvalue weighted by Crippen LogP contribution is -2.26. The number of pyridine rings is 4. The Morgan fingerprint density at radius 1 is 0.451 bits per heavy atom. The minimum atomic E-state index is -0.259. The number of anilines is 2. The molecule has 2 aliphatic carbocycles. The average molecular weight is 1980 g/mol. The van der Waals surface area contributed by atoms with Crippen molar-refractivity contribution in [3.05, 3.63) is 253 Å². The van der Waals surface area contributed by atoms with Crippen LogP contribution in [0.3, 0.4) is 0 Å². The van der Waals surface area contributed by atoms with E-state index in [0.717, 1.165) is 87.4 Å². The van der Waals surface area contributed by atoms with E-state index in [-0.39, 0.29) is 5.82 Å². The number of nitrogens with zero attached hydrogens (tertiary/aromatic N) is 12. The van der Waals surface area contributed by atoms with E-state index in [1.165, 1.54) is 147 Å². The van der Waals surface area contributed by atoms with Crippen LogP contribution in [0.2, 0.25) is 0 Å². The van der Waals surface area contributed by atoms with Crippen LogP contribution >= 0.6 is 11.3 Å². The number of hydrogen-bond donors (Lipinski definition) is 2. The summed E-state index contributed by atoms with van der Waals surface area (Å²) in [7, 11) is 0.